The summed E-state index contributed by atoms with van der Waals surface area (Å²) in [5.74, 6) is -1.22. The molecule has 0 saturated heterocycles. The Kier molecular flexibility index (Phi) is 5.53. The second kappa shape index (κ2) is 6.62. The molecular weight excluding hydrogens is 309 g/mol. The van der Waals surface area contributed by atoms with Crippen LogP contribution in [0.3, 0.4) is 0 Å². The molecule has 1 aromatic carbocycles. The molecule has 0 fully saturated rings. The lowest BCUT2D eigenvalue weighted by molar-refractivity contribution is -0.121. The van der Waals surface area contributed by atoms with Gasteiger partial charge in [-0.3, -0.25) is 4.79 Å². The van der Waals surface area contributed by atoms with Crippen LogP contribution in [0.1, 0.15) is 20.8 Å². The lowest BCUT2D eigenvalue weighted by Crippen LogP contribution is -2.50. The molecule has 0 aliphatic carbocycles. The van der Waals surface area contributed by atoms with E-state index < -0.39 is 34.0 Å². The Bertz CT molecular complexity index is 639. The predicted octanol–water partition coefficient (Wildman–Crippen LogP) is 1.35. The number of halogens is 1. The van der Waals surface area contributed by atoms with Crippen LogP contribution >= 0.6 is 0 Å². The molecule has 1 aromatic rings. The zero-order chi connectivity index (χ0) is 17.1. The highest BCUT2D eigenvalue weighted by molar-refractivity contribution is 7.90. The fourth-order valence-electron chi connectivity index (χ4n) is 1.73. The maximum absolute atomic E-state index is 14.0. The molecule has 124 valence electrons. The first kappa shape index (κ1) is 18.4. The molecular formula is C14H22FN3O3S. The van der Waals surface area contributed by atoms with Gasteiger partial charge < -0.3 is 5.32 Å². The number of carbonyl (C=O) groups excluding carboxylic acids is 1. The van der Waals surface area contributed by atoms with Gasteiger partial charge in [-0.1, -0.05) is 12.1 Å². The van der Waals surface area contributed by atoms with Gasteiger partial charge in [0.25, 0.3) is 0 Å². The molecule has 8 heteroatoms. The average Bonchev–Trinajstić information content (AvgIpc) is 2.34. The van der Waals surface area contributed by atoms with Crippen LogP contribution in [-0.2, 0) is 15.0 Å². The van der Waals surface area contributed by atoms with Crippen LogP contribution in [0.2, 0.25) is 0 Å². The van der Waals surface area contributed by atoms with Gasteiger partial charge in [-0.2, -0.15) is 12.7 Å². The fraction of sp³-hybridized carbons (Fsp3) is 0.500. The summed E-state index contributed by atoms with van der Waals surface area (Å²) in [7, 11) is -1.35. The van der Waals surface area contributed by atoms with Gasteiger partial charge in [0.1, 0.15) is 12.4 Å². The normalized spacial score (nSPS) is 12.3. The van der Waals surface area contributed by atoms with Crippen molar-refractivity contribution in [3.05, 3.63) is 30.1 Å². The van der Waals surface area contributed by atoms with Gasteiger partial charge in [-0.25, -0.2) is 8.70 Å². The van der Waals surface area contributed by atoms with Crippen molar-refractivity contribution >= 4 is 21.8 Å². The highest BCUT2D eigenvalue weighted by Gasteiger charge is 2.30. The summed E-state index contributed by atoms with van der Waals surface area (Å²) < 4.78 is 40.4. The van der Waals surface area contributed by atoms with Gasteiger partial charge in [0.15, 0.2) is 0 Å². The molecule has 1 N–H and O–H groups in total. The maximum Gasteiger partial charge on any atom is 0.304 e. The second-order valence-electron chi connectivity index (χ2n) is 6.05. The van der Waals surface area contributed by atoms with Crippen LogP contribution in [0.4, 0.5) is 10.1 Å². The molecule has 0 spiro atoms. The number of hydrogen-bond donors (Lipinski definition) is 1. The molecule has 0 aliphatic heterocycles. The highest BCUT2D eigenvalue weighted by atomic mass is 32.2. The molecule has 0 aromatic heterocycles. The Morgan fingerprint density at radius 1 is 1.23 bits per heavy atom. The lowest BCUT2D eigenvalue weighted by Gasteiger charge is -2.29. The van der Waals surface area contributed by atoms with Crippen molar-refractivity contribution in [2.24, 2.45) is 0 Å². The Labute approximate surface area is 131 Å². The van der Waals surface area contributed by atoms with E-state index in [1.54, 1.807) is 20.8 Å². The van der Waals surface area contributed by atoms with E-state index in [9.17, 15) is 17.6 Å². The van der Waals surface area contributed by atoms with E-state index >= 15 is 0 Å². The number of carbonyl (C=O) groups is 1. The van der Waals surface area contributed by atoms with E-state index in [0.29, 0.717) is 0 Å². The minimum absolute atomic E-state index is 0.166. The Morgan fingerprint density at radius 2 is 1.77 bits per heavy atom. The first-order chi connectivity index (χ1) is 9.95. The zero-order valence-electron chi connectivity index (χ0n) is 13.4. The van der Waals surface area contributed by atoms with Gasteiger partial charge in [0.05, 0.1) is 5.69 Å². The molecule has 0 saturated carbocycles. The van der Waals surface area contributed by atoms with E-state index in [1.165, 1.54) is 32.3 Å². The van der Waals surface area contributed by atoms with Crippen LogP contribution in [0.15, 0.2) is 24.3 Å². The van der Waals surface area contributed by atoms with E-state index in [2.05, 4.69) is 5.32 Å². The van der Waals surface area contributed by atoms with Crippen molar-refractivity contribution in [2.45, 2.75) is 26.3 Å². The largest absolute Gasteiger partial charge is 0.350 e. The number of para-hydroxylation sites is 1. The summed E-state index contributed by atoms with van der Waals surface area (Å²) in [5, 5.41) is 2.66. The van der Waals surface area contributed by atoms with Crippen molar-refractivity contribution < 1.29 is 17.6 Å². The molecule has 0 radical (unpaired) electrons. The lowest BCUT2D eigenvalue weighted by atomic mass is 10.1. The van der Waals surface area contributed by atoms with E-state index in [4.69, 9.17) is 0 Å². The SMILES string of the molecule is CN(C)S(=O)(=O)N(CC(=O)NC(C)(C)C)c1ccccc1F. The number of nitrogens with zero attached hydrogens (tertiary/aromatic N) is 2. The van der Waals surface area contributed by atoms with Crippen LogP contribution < -0.4 is 9.62 Å². The minimum Gasteiger partial charge on any atom is -0.350 e. The highest BCUT2D eigenvalue weighted by Crippen LogP contribution is 2.22. The number of rotatable bonds is 5. The fourth-order valence-corrected chi connectivity index (χ4v) is 2.80. The smallest absolute Gasteiger partial charge is 0.304 e. The zero-order valence-corrected chi connectivity index (χ0v) is 14.2. The minimum atomic E-state index is -4.00. The number of hydrogen-bond acceptors (Lipinski definition) is 3. The van der Waals surface area contributed by atoms with Gasteiger partial charge in [0.2, 0.25) is 5.91 Å². The van der Waals surface area contributed by atoms with Crippen molar-refractivity contribution in [1.82, 2.24) is 9.62 Å². The van der Waals surface area contributed by atoms with E-state index in [-0.39, 0.29) is 5.69 Å². The molecule has 0 aliphatic rings. The molecule has 0 bridgehead atoms. The molecule has 0 heterocycles. The predicted molar refractivity (Wildman–Crippen MR) is 84.2 cm³/mol. The third-order valence-corrected chi connectivity index (χ3v) is 4.47. The van der Waals surface area contributed by atoms with Gasteiger partial charge in [-0.15, -0.1) is 0 Å². The van der Waals surface area contributed by atoms with E-state index in [0.717, 1.165) is 14.7 Å². The van der Waals surface area contributed by atoms with Gasteiger partial charge in [0, 0.05) is 19.6 Å². The van der Waals surface area contributed by atoms with Crippen molar-refractivity contribution in [3.8, 4) is 0 Å². The third kappa shape index (κ3) is 4.67. The number of anilines is 1. The number of amides is 1. The van der Waals surface area contributed by atoms with Crippen LogP contribution in [0.5, 0.6) is 0 Å². The summed E-state index contributed by atoms with van der Waals surface area (Å²) in [6.07, 6.45) is 0. The second-order valence-corrected chi connectivity index (χ2v) is 8.11. The quantitative estimate of drug-likeness (QED) is 0.885. The van der Waals surface area contributed by atoms with Gasteiger partial charge >= 0.3 is 10.2 Å². The molecule has 0 atom stereocenters. The average molecular weight is 331 g/mol. The maximum atomic E-state index is 14.0. The molecule has 6 nitrogen and oxygen atoms in total. The van der Waals surface area contributed by atoms with Crippen molar-refractivity contribution in [2.75, 3.05) is 24.9 Å². The van der Waals surface area contributed by atoms with Crippen LogP contribution in [0.25, 0.3) is 0 Å². The molecule has 0 unspecified atom stereocenters. The van der Waals surface area contributed by atoms with Crippen LogP contribution in [0, 0.1) is 5.82 Å². The van der Waals surface area contributed by atoms with E-state index in [1.807, 2.05) is 0 Å². The third-order valence-electron chi connectivity index (χ3n) is 2.66. The Morgan fingerprint density at radius 3 is 2.23 bits per heavy atom. The molecule has 1 amide bonds. The molecule has 1 rings (SSSR count). The summed E-state index contributed by atoms with van der Waals surface area (Å²) in [4.78, 5) is 12.1. The van der Waals surface area contributed by atoms with Crippen molar-refractivity contribution in [1.29, 1.82) is 0 Å². The monoisotopic (exact) mass is 331 g/mol. The van der Waals surface area contributed by atoms with Crippen molar-refractivity contribution in [3.63, 3.8) is 0 Å². The standard InChI is InChI=1S/C14H22FN3O3S/c1-14(2,3)16-13(19)10-18(22(20,21)17(4)5)12-9-7-6-8-11(12)15/h6-9H,10H2,1-5H3,(H,16,19). The summed E-state index contributed by atoms with van der Waals surface area (Å²) in [5.41, 5.74) is -0.680. The molecule has 22 heavy (non-hydrogen) atoms. The van der Waals surface area contributed by atoms with Gasteiger partial charge in [-0.05, 0) is 32.9 Å². The summed E-state index contributed by atoms with van der Waals surface area (Å²) >= 11 is 0. The Hall–Kier alpha value is -1.67. The van der Waals surface area contributed by atoms with Crippen LogP contribution in [-0.4, -0.2) is 44.8 Å². The Balaban J connectivity index is 3.20. The number of benzene rings is 1. The topological polar surface area (TPSA) is 69.7 Å². The first-order valence-corrected chi connectivity index (χ1v) is 8.10. The number of nitrogens with one attached hydrogen (secondary N) is 1. The summed E-state index contributed by atoms with van der Waals surface area (Å²) in [6, 6.07) is 5.43. The first-order valence-electron chi connectivity index (χ1n) is 6.71. The summed E-state index contributed by atoms with van der Waals surface area (Å²) in [6.45, 7) is 4.83.